The van der Waals surface area contributed by atoms with Gasteiger partial charge in [0.05, 0.1) is 5.41 Å². The summed E-state index contributed by atoms with van der Waals surface area (Å²) in [6, 6.07) is 7.53. The molecule has 1 N–H and O–H groups in total. The Hall–Kier alpha value is -1.02. The zero-order valence-corrected chi connectivity index (χ0v) is 13.2. The average molecular weight is 294 g/mol. The monoisotopic (exact) mass is 293 g/mol. The summed E-state index contributed by atoms with van der Waals surface area (Å²) in [7, 11) is 0. The summed E-state index contributed by atoms with van der Waals surface area (Å²) in [5.74, 6) is 0.909. The smallest absolute Gasteiger partial charge is 0.230 e. The highest BCUT2D eigenvalue weighted by Gasteiger charge is 2.29. The standard InChI is InChI=1S/C17H24ClNO/c1-17(2,14-7-9-15(18)10-8-14)16(20)19-12-11-13-5-3-4-6-13/h7-10,13H,3-6,11-12H2,1-2H3,(H,19,20). The van der Waals surface area contributed by atoms with Crippen molar-refractivity contribution in [1.82, 2.24) is 5.32 Å². The van der Waals surface area contributed by atoms with Crippen LogP contribution in [0.3, 0.4) is 0 Å². The Kier molecular flexibility index (Phi) is 5.09. The molecule has 110 valence electrons. The topological polar surface area (TPSA) is 29.1 Å². The third kappa shape index (κ3) is 3.76. The lowest BCUT2D eigenvalue weighted by atomic mass is 9.83. The molecule has 1 fully saturated rings. The van der Waals surface area contributed by atoms with E-state index >= 15 is 0 Å². The molecule has 1 saturated carbocycles. The number of amides is 1. The van der Waals surface area contributed by atoms with Crippen LogP contribution in [0.25, 0.3) is 0 Å². The molecule has 0 radical (unpaired) electrons. The molecule has 20 heavy (non-hydrogen) atoms. The second-order valence-corrected chi connectivity index (χ2v) is 6.76. The van der Waals surface area contributed by atoms with Crippen molar-refractivity contribution in [1.29, 1.82) is 0 Å². The molecule has 3 heteroatoms. The van der Waals surface area contributed by atoms with Crippen LogP contribution < -0.4 is 5.32 Å². The fourth-order valence-corrected chi connectivity index (χ4v) is 3.03. The number of hydrogen-bond acceptors (Lipinski definition) is 1. The van der Waals surface area contributed by atoms with E-state index < -0.39 is 5.41 Å². The molecule has 0 aliphatic heterocycles. The molecule has 1 amide bonds. The second-order valence-electron chi connectivity index (χ2n) is 6.33. The number of carbonyl (C=O) groups excluding carboxylic acids is 1. The van der Waals surface area contributed by atoms with Gasteiger partial charge in [-0.05, 0) is 43.9 Å². The Balaban J connectivity index is 1.87. The molecule has 1 aromatic rings. The van der Waals surface area contributed by atoms with Gasteiger partial charge in [0.2, 0.25) is 5.91 Å². The van der Waals surface area contributed by atoms with Crippen LogP contribution in [0.15, 0.2) is 24.3 Å². The van der Waals surface area contributed by atoms with Gasteiger partial charge in [0, 0.05) is 11.6 Å². The Labute approximate surface area is 126 Å². The average Bonchev–Trinajstić information content (AvgIpc) is 2.92. The third-order valence-corrected chi connectivity index (χ3v) is 4.70. The third-order valence-electron chi connectivity index (χ3n) is 4.45. The first kappa shape index (κ1) is 15.4. The van der Waals surface area contributed by atoms with Crippen molar-refractivity contribution in [3.8, 4) is 0 Å². The van der Waals surface area contributed by atoms with Gasteiger partial charge in [-0.2, -0.15) is 0 Å². The number of rotatable bonds is 5. The molecule has 2 nitrogen and oxygen atoms in total. The predicted molar refractivity (Wildman–Crippen MR) is 84.1 cm³/mol. The highest BCUT2D eigenvalue weighted by atomic mass is 35.5. The van der Waals surface area contributed by atoms with Gasteiger partial charge in [0.15, 0.2) is 0 Å². The van der Waals surface area contributed by atoms with Crippen molar-refractivity contribution in [2.24, 2.45) is 5.92 Å². The van der Waals surface area contributed by atoms with Crippen LogP contribution in [-0.2, 0) is 10.2 Å². The first-order valence-corrected chi connectivity index (χ1v) is 7.92. The van der Waals surface area contributed by atoms with E-state index in [-0.39, 0.29) is 5.91 Å². The maximum absolute atomic E-state index is 12.4. The quantitative estimate of drug-likeness (QED) is 0.861. The minimum atomic E-state index is -0.514. The number of benzene rings is 1. The van der Waals surface area contributed by atoms with E-state index in [0.29, 0.717) is 5.02 Å². The van der Waals surface area contributed by atoms with Crippen molar-refractivity contribution < 1.29 is 4.79 Å². The number of nitrogens with one attached hydrogen (secondary N) is 1. The Bertz CT molecular complexity index is 447. The van der Waals surface area contributed by atoms with Crippen LogP contribution in [0.5, 0.6) is 0 Å². The molecular formula is C17H24ClNO. The van der Waals surface area contributed by atoms with Crippen molar-refractivity contribution in [2.75, 3.05) is 6.54 Å². The summed E-state index contributed by atoms with van der Waals surface area (Å²) >= 11 is 5.90. The Morgan fingerprint density at radius 3 is 2.45 bits per heavy atom. The van der Waals surface area contributed by atoms with Crippen molar-refractivity contribution in [3.63, 3.8) is 0 Å². The fourth-order valence-electron chi connectivity index (χ4n) is 2.91. The van der Waals surface area contributed by atoms with Gasteiger partial charge < -0.3 is 5.32 Å². The van der Waals surface area contributed by atoms with E-state index in [1.54, 1.807) is 0 Å². The molecule has 2 rings (SSSR count). The summed E-state index contributed by atoms with van der Waals surface area (Å²) in [6.07, 6.45) is 6.49. The van der Waals surface area contributed by atoms with Crippen molar-refractivity contribution >= 4 is 17.5 Å². The van der Waals surface area contributed by atoms with Gasteiger partial charge in [0.25, 0.3) is 0 Å². The molecule has 1 aliphatic carbocycles. The first-order valence-electron chi connectivity index (χ1n) is 7.54. The molecule has 0 bridgehead atoms. The van der Waals surface area contributed by atoms with E-state index in [1.165, 1.54) is 25.7 Å². The lowest BCUT2D eigenvalue weighted by molar-refractivity contribution is -0.125. The highest BCUT2D eigenvalue weighted by molar-refractivity contribution is 6.30. The molecule has 1 aromatic carbocycles. The molecule has 0 saturated heterocycles. The molecule has 0 unspecified atom stereocenters. The molecule has 1 aliphatic rings. The van der Waals surface area contributed by atoms with Crippen LogP contribution in [0.1, 0.15) is 51.5 Å². The Morgan fingerprint density at radius 2 is 1.85 bits per heavy atom. The summed E-state index contributed by atoms with van der Waals surface area (Å²) in [5, 5.41) is 3.79. The van der Waals surface area contributed by atoms with E-state index in [1.807, 2.05) is 38.1 Å². The van der Waals surface area contributed by atoms with Crippen LogP contribution >= 0.6 is 11.6 Å². The van der Waals surface area contributed by atoms with Gasteiger partial charge >= 0.3 is 0 Å². The number of hydrogen-bond donors (Lipinski definition) is 1. The van der Waals surface area contributed by atoms with Crippen LogP contribution in [0.4, 0.5) is 0 Å². The molecule has 0 aromatic heterocycles. The predicted octanol–water partition coefficient (Wildman–Crippen LogP) is 4.31. The molecule has 0 spiro atoms. The van der Waals surface area contributed by atoms with Crippen LogP contribution in [-0.4, -0.2) is 12.5 Å². The maximum Gasteiger partial charge on any atom is 0.230 e. The normalized spacial score (nSPS) is 16.4. The van der Waals surface area contributed by atoms with Gasteiger partial charge in [-0.15, -0.1) is 0 Å². The highest BCUT2D eigenvalue weighted by Crippen LogP contribution is 2.28. The van der Waals surface area contributed by atoms with E-state index in [4.69, 9.17) is 11.6 Å². The van der Waals surface area contributed by atoms with Gasteiger partial charge in [-0.3, -0.25) is 4.79 Å². The summed E-state index contributed by atoms with van der Waals surface area (Å²) < 4.78 is 0. The zero-order valence-electron chi connectivity index (χ0n) is 12.4. The van der Waals surface area contributed by atoms with Crippen molar-refractivity contribution in [3.05, 3.63) is 34.9 Å². The minimum absolute atomic E-state index is 0.0952. The molecule has 0 atom stereocenters. The summed E-state index contributed by atoms with van der Waals surface area (Å²) in [6.45, 7) is 4.71. The van der Waals surface area contributed by atoms with E-state index in [2.05, 4.69) is 5.32 Å². The number of carbonyl (C=O) groups is 1. The first-order chi connectivity index (χ1) is 9.50. The van der Waals surface area contributed by atoms with Crippen LogP contribution in [0.2, 0.25) is 5.02 Å². The largest absolute Gasteiger partial charge is 0.355 e. The Morgan fingerprint density at radius 1 is 1.25 bits per heavy atom. The lowest BCUT2D eigenvalue weighted by Gasteiger charge is -2.24. The van der Waals surface area contributed by atoms with Gasteiger partial charge in [-0.1, -0.05) is 49.4 Å². The van der Waals surface area contributed by atoms with Crippen molar-refractivity contribution in [2.45, 2.75) is 51.4 Å². The summed E-state index contributed by atoms with van der Waals surface area (Å²) in [4.78, 5) is 12.4. The van der Waals surface area contributed by atoms with Gasteiger partial charge in [-0.25, -0.2) is 0 Å². The lowest BCUT2D eigenvalue weighted by Crippen LogP contribution is -2.40. The van der Waals surface area contributed by atoms with Gasteiger partial charge in [0.1, 0.15) is 0 Å². The SMILES string of the molecule is CC(C)(C(=O)NCCC1CCCC1)c1ccc(Cl)cc1. The maximum atomic E-state index is 12.4. The minimum Gasteiger partial charge on any atom is -0.355 e. The molecule has 0 heterocycles. The van der Waals surface area contributed by atoms with E-state index in [0.717, 1.165) is 24.4 Å². The second kappa shape index (κ2) is 6.62. The zero-order chi connectivity index (χ0) is 14.6. The van der Waals surface area contributed by atoms with Crippen LogP contribution in [0, 0.1) is 5.92 Å². The number of halogens is 1. The van der Waals surface area contributed by atoms with E-state index in [9.17, 15) is 4.79 Å². The summed E-state index contributed by atoms with van der Waals surface area (Å²) in [5.41, 5.74) is 0.487. The molecular weight excluding hydrogens is 270 g/mol. The fraction of sp³-hybridized carbons (Fsp3) is 0.588.